The fourth-order valence-electron chi connectivity index (χ4n) is 0.344. The van der Waals surface area contributed by atoms with Crippen molar-refractivity contribution in [2.45, 2.75) is 26.2 Å². The number of hydrogen-bond acceptors (Lipinski definition) is 2. The average Bonchev–Trinajstić information content (AvgIpc) is 1.79. The zero-order valence-electron chi connectivity index (χ0n) is 7.01. The maximum Gasteiger partial charge on any atom is 0.206 e. The van der Waals surface area contributed by atoms with Crippen LogP contribution in [0.25, 0.3) is 0 Å². The topological polar surface area (TPSA) is 60.2 Å². The van der Waals surface area contributed by atoms with Crippen molar-refractivity contribution < 1.29 is 8.42 Å². The molecular weight excluding hydrogens is 186 g/mol. The van der Waals surface area contributed by atoms with Gasteiger partial charge in [0.05, 0.1) is 6.26 Å². The Hall–Kier alpha value is 0.200. The molecule has 5 heteroatoms. The van der Waals surface area contributed by atoms with Crippen LogP contribution in [0.15, 0.2) is 0 Å². The minimum atomic E-state index is -3.17. The average molecular weight is 202 g/mol. The van der Waals surface area contributed by atoms with Crippen molar-refractivity contribution in [1.29, 1.82) is 0 Å². The van der Waals surface area contributed by atoms with Gasteiger partial charge in [-0.05, 0) is 6.42 Å². The minimum Gasteiger partial charge on any atom is -0.229 e. The number of alkyl halides is 1. The summed E-state index contributed by atoms with van der Waals surface area (Å²) < 4.78 is 18.8. The molecule has 0 aromatic rings. The molecule has 2 N–H and O–H groups in total. The number of halogens is 1. The minimum absolute atomic E-state index is 0.827. The van der Waals surface area contributed by atoms with Crippen LogP contribution in [0.3, 0.4) is 0 Å². The van der Waals surface area contributed by atoms with E-state index < -0.39 is 10.0 Å². The molecule has 0 radical (unpaired) electrons. The van der Waals surface area contributed by atoms with Crippen molar-refractivity contribution >= 4 is 21.6 Å². The molecule has 0 spiro atoms. The predicted octanol–water partition coefficient (Wildman–Crippen LogP) is 1.32. The van der Waals surface area contributed by atoms with E-state index in [9.17, 15) is 8.42 Å². The van der Waals surface area contributed by atoms with E-state index >= 15 is 0 Å². The lowest BCUT2D eigenvalue weighted by Gasteiger charge is -1.84. The molecule has 0 aromatic carbocycles. The summed E-state index contributed by atoms with van der Waals surface area (Å²) in [5, 5.41) is 4.33. The van der Waals surface area contributed by atoms with Gasteiger partial charge >= 0.3 is 0 Å². The zero-order valence-corrected chi connectivity index (χ0v) is 8.58. The Bertz CT molecular complexity index is 144. The molecule has 70 valence electrons. The zero-order chi connectivity index (χ0) is 9.33. The highest BCUT2D eigenvalue weighted by Gasteiger charge is 1.78. The maximum atomic E-state index is 9.41. The summed E-state index contributed by atoms with van der Waals surface area (Å²) in [7, 11) is -3.17. The fraction of sp³-hybridized carbons (Fsp3) is 1.00. The molecule has 0 amide bonds. The highest BCUT2D eigenvalue weighted by molar-refractivity contribution is 7.88. The van der Waals surface area contributed by atoms with Gasteiger partial charge in [0.2, 0.25) is 10.0 Å². The van der Waals surface area contributed by atoms with Crippen LogP contribution in [0, 0.1) is 0 Å². The molecular formula is C6H16ClNO2S. The third-order valence-electron chi connectivity index (χ3n) is 0.737. The summed E-state index contributed by atoms with van der Waals surface area (Å²) in [6.45, 7) is 2.17. The molecule has 0 aliphatic rings. The summed E-state index contributed by atoms with van der Waals surface area (Å²) >= 11 is 5.38. The molecule has 0 aliphatic carbocycles. The predicted molar refractivity (Wildman–Crippen MR) is 49.3 cm³/mol. The van der Waals surface area contributed by atoms with Gasteiger partial charge in [-0.25, -0.2) is 13.6 Å². The second-order valence-corrected chi connectivity index (χ2v) is 4.26. The van der Waals surface area contributed by atoms with E-state index in [4.69, 9.17) is 11.6 Å². The second-order valence-electron chi connectivity index (χ2n) is 2.23. The molecule has 0 aromatic heterocycles. The number of hydrogen-bond donors (Lipinski definition) is 1. The first-order chi connectivity index (χ1) is 4.91. The van der Waals surface area contributed by atoms with Crippen LogP contribution in [0.5, 0.6) is 0 Å². The van der Waals surface area contributed by atoms with Crippen molar-refractivity contribution in [2.24, 2.45) is 5.14 Å². The van der Waals surface area contributed by atoms with E-state index in [1.807, 2.05) is 0 Å². The molecule has 0 heterocycles. The largest absolute Gasteiger partial charge is 0.229 e. The van der Waals surface area contributed by atoms with Crippen LogP contribution in [-0.4, -0.2) is 20.6 Å². The molecule has 0 rings (SSSR count). The Morgan fingerprint density at radius 2 is 1.73 bits per heavy atom. The van der Waals surface area contributed by atoms with E-state index in [0.29, 0.717) is 0 Å². The maximum absolute atomic E-state index is 9.41. The van der Waals surface area contributed by atoms with Crippen LogP contribution in [0.2, 0.25) is 0 Å². The lowest BCUT2D eigenvalue weighted by molar-refractivity contribution is 0.603. The van der Waals surface area contributed by atoms with Gasteiger partial charge in [-0.3, -0.25) is 0 Å². The van der Waals surface area contributed by atoms with Crippen LogP contribution in [0.1, 0.15) is 26.2 Å². The van der Waals surface area contributed by atoms with Crippen LogP contribution >= 0.6 is 11.6 Å². The van der Waals surface area contributed by atoms with Crippen LogP contribution < -0.4 is 5.14 Å². The smallest absolute Gasteiger partial charge is 0.206 e. The SMILES string of the molecule is CCCCCCl.CS(N)(=O)=O. The Morgan fingerprint density at radius 1 is 1.36 bits per heavy atom. The molecule has 3 nitrogen and oxygen atoms in total. The molecule has 0 saturated heterocycles. The monoisotopic (exact) mass is 201 g/mol. The van der Waals surface area contributed by atoms with Crippen molar-refractivity contribution in [3.63, 3.8) is 0 Å². The summed E-state index contributed by atoms with van der Waals surface area (Å²) in [6, 6.07) is 0. The molecule has 0 unspecified atom stereocenters. The van der Waals surface area contributed by atoms with Crippen molar-refractivity contribution in [3.8, 4) is 0 Å². The summed E-state index contributed by atoms with van der Waals surface area (Å²) in [4.78, 5) is 0. The molecule has 0 atom stereocenters. The van der Waals surface area contributed by atoms with Gasteiger partial charge in [0.25, 0.3) is 0 Å². The molecule has 0 saturated carbocycles. The van der Waals surface area contributed by atoms with E-state index in [0.717, 1.165) is 12.1 Å². The molecule has 0 fully saturated rings. The summed E-state index contributed by atoms with van der Waals surface area (Å²) in [6.07, 6.45) is 4.67. The number of unbranched alkanes of at least 4 members (excludes halogenated alkanes) is 2. The second kappa shape index (κ2) is 8.30. The quantitative estimate of drug-likeness (QED) is 0.553. The van der Waals surface area contributed by atoms with Crippen molar-refractivity contribution in [2.75, 3.05) is 12.1 Å². The van der Waals surface area contributed by atoms with E-state index in [1.165, 1.54) is 19.3 Å². The lowest BCUT2D eigenvalue weighted by atomic mass is 10.3. The Labute approximate surface area is 74.0 Å². The van der Waals surface area contributed by atoms with Gasteiger partial charge in [-0.15, -0.1) is 11.6 Å². The molecule has 0 bridgehead atoms. The number of rotatable bonds is 3. The van der Waals surface area contributed by atoms with E-state index in [-0.39, 0.29) is 0 Å². The first kappa shape index (κ1) is 13.8. The van der Waals surface area contributed by atoms with E-state index in [1.54, 1.807) is 0 Å². The summed E-state index contributed by atoms with van der Waals surface area (Å²) in [5.74, 6) is 0.827. The standard InChI is InChI=1S/C5H11Cl.CH5NO2S/c1-2-3-4-5-6;1-5(2,3)4/h2-5H2,1H3;1H3,(H2,2,3,4). The van der Waals surface area contributed by atoms with E-state index in [2.05, 4.69) is 12.1 Å². The first-order valence-corrected chi connectivity index (χ1v) is 5.94. The van der Waals surface area contributed by atoms with Crippen LogP contribution in [0.4, 0.5) is 0 Å². The molecule has 0 aliphatic heterocycles. The van der Waals surface area contributed by atoms with Gasteiger partial charge < -0.3 is 0 Å². The number of primary sulfonamides is 1. The van der Waals surface area contributed by atoms with Crippen molar-refractivity contribution in [3.05, 3.63) is 0 Å². The molecule has 11 heavy (non-hydrogen) atoms. The van der Waals surface area contributed by atoms with Gasteiger partial charge in [-0.2, -0.15) is 0 Å². The first-order valence-electron chi connectivity index (χ1n) is 3.45. The van der Waals surface area contributed by atoms with Gasteiger partial charge in [0, 0.05) is 5.88 Å². The Balaban J connectivity index is 0. The van der Waals surface area contributed by atoms with Gasteiger partial charge in [-0.1, -0.05) is 19.8 Å². The number of nitrogens with two attached hydrogens (primary N) is 1. The number of sulfonamides is 1. The van der Waals surface area contributed by atoms with Crippen LogP contribution in [-0.2, 0) is 10.0 Å². The highest BCUT2D eigenvalue weighted by atomic mass is 35.5. The highest BCUT2D eigenvalue weighted by Crippen LogP contribution is 1.93. The van der Waals surface area contributed by atoms with Gasteiger partial charge in [0.15, 0.2) is 0 Å². The third-order valence-corrected chi connectivity index (χ3v) is 1.00. The summed E-state index contributed by atoms with van der Waals surface area (Å²) in [5.41, 5.74) is 0. The fourth-order valence-corrected chi connectivity index (χ4v) is 0.533. The normalized spacial score (nSPS) is 10.2. The Morgan fingerprint density at radius 3 is 1.82 bits per heavy atom. The Kier molecular flexibility index (Phi) is 10.4. The third kappa shape index (κ3) is 67.0. The van der Waals surface area contributed by atoms with Crippen molar-refractivity contribution in [1.82, 2.24) is 0 Å². The lowest BCUT2D eigenvalue weighted by Crippen LogP contribution is -2.07. The van der Waals surface area contributed by atoms with Gasteiger partial charge in [0.1, 0.15) is 0 Å².